The van der Waals surface area contributed by atoms with Gasteiger partial charge in [-0.3, -0.25) is 9.69 Å². The fraction of sp³-hybridized carbons (Fsp3) is 0.571. The number of carbonyl (C=O) groups excluding carboxylic acids is 1. The van der Waals surface area contributed by atoms with Crippen molar-refractivity contribution >= 4 is 27.7 Å². The largest absolute Gasteiger partial charge is 0.369 e. The van der Waals surface area contributed by atoms with Crippen LogP contribution in [0.5, 0.6) is 0 Å². The Hall–Kier alpha value is -1.14. The van der Waals surface area contributed by atoms with Crippen LogP contribution in [0.3, 0.4) is 0 Å². The number of aryl methyl sites for hydroxylation is 1. The lowest BCUT2D eigenvalue weighted by Gasteiger charge is -2.34. The Labute approximate surface area is 128 Å². The molecule has 2 heterocycles. The number of amides is 1. The van der Waals surface area contributed by atoms with Crippen molar-refractivity contribution in [1.29, 1.82) is 0 Å². The number of carbonyl (C=O) groups is 1. The van der Waals surface area contributed by atoms with Gasteiger partial charge in [-0.15, -0.1) is 0 Å². The monoisotopic (exact) mass is 340 g/mol. The van der Waals surface area contributed by atoms with Gasteiger partial charge in [-0.05, 0) is 34.5 Å². The average molecular weight is 341 g/mol. The molecular formula is C14H21BrN4O. The van der Waals surface area contributed by atoms with E-state index in [0.717, 1.165) is 55.1 Å². The predicted octanol–water partition coefficient (Wildman–Crippen LogP) is 1.73. The molecule has 0 radical (unpaired) electrons. The molecule has 6 heteroatoms. The molecule has 1 N–H and O–H groups in total. The number of pyridine rings is 1. The molecule has 1 aromatic heterocycles. The molecule has 1 amide bonds. The van der Waals surface area contributed by atoms with Crippen LogP contribution in [0.2, 0.25) is 0 Å². The highest BCUT2D eigenvalue weighted by Crippen LogP contribution is 2.16. The molecule has 0 spiro atoms. The molecule has 1 aliphatic rings. The zero-order valence-corrected chi connectivity index (χ0v) is 13.6. The van der Waals surface area contributed by atoms with Crippen molar-refractivity contribution in [3.05, 3.63) is 22.3 Å². The summed E-state index contributed by atoms with van der Waals surface area (Å²) in [7, 11) is 0. The molecule has 0 unspecified atom stereocenters. The van der Waals surface area contributed by atoms with Gasteiger partial charge in [-0.1, -0.05) is 0 Å². The number of hydrogen-bond acceptors (Lipinski definition) is 4. The first kappa shape index (κ1) is 15.3. The van der Waals surface area contributed by atoms with Crippen molar-refractivity contribution in [2.45, 2.75) is 13.8 Å². The van der Waals surface area contributed by atoms with Gasteiger partial charge >= 0.3 is 0 Å². The summed E-state index contributed by atoms with van der Waals surface area (Å²) in [5, 5.41) is 3.37. The average Bonchev–Trinajstić information content (AvgIpc) is 2.42. The molecule has 0 aliphatic carbocycles. The maximum Gasteiger partial charge on any atom is 0.219 e. The molecule has 2 rings (SSSR count). The highest BCUT2D eigenvalue weighted by Gasteiger charge is 2.17. The molecule has 5 nitrogen and oxygen atoms in total. The summed E-state index contributed by atoms with van der Waals surface area (Å²) in [6.45, 7) is 9.11. The van der Waals surface area contributed by atoms with E-state index >= 15 is 0 Å². The molecule has 0 saturated carbocycles. The zero-order chi connectivity index (χ0) is 14.5. The van der Waals surface area contributed by atoms with Crippen molar-refractivity contribution in [3.8, 4) is 0 Å². The second kappa shape index (κ2) is 7.04. The number of nitrogens with zero attached hydrogens (tertiary/aromatic N) is 3. The molecular weight excluding hydrogens is 320 g/mol. The van der Waals surface area contributed by atoms with Crippen LogP contribution in [0.4, 0.5) is 5.82 Å². The molecule has 20 heavy (non-hydrogen) atoms. The van der Waals surface area contributed by atoms with E-state index in [1.165, 1.54) is 0 Å². The second-order valence-corrected chi connectivity index (χ2v) is 6.01. The van der Waals surface area contributed by atoms with Crippen LogP contribution in [0, 0.1) is 6.92 Å². The van der Waals surface area contributed by atoms with Gasteiger partial charge in [0.2, 0.25) is 5.91 Å². The molecule has 0 aromatic carbocycles. The van der Waals surface area contributed by atoms with Crippen molar-refractivity contribution in [2.24, 2.45) is 0 Å². The van der Waals surface area contributed by atoms with Crippen LogP contribution in [0.25, 0.3) is 0 Å². The SMILES string of the molecule is CC(=O)N1CCN(CCNc2ncc(Br)cc2C)CC1. The lowest BCUT2D eigenvalue weighted by Crippen LogP contribution is -2.49. The van der Waals surface area contributed by atoms with Crippen molar-refractivity contribution in [2.75, 3.05) is 44.6 Å². The van der Waals surface area contributed by atoms with Crippen molar-refractivity contribution in [1.82, 2.24) is 14.8 Å². The van der Waals surface area contributed by atoms with Gasteiger partial charge in [-0.2, -0.15) is 0 Å². The summed E-state index contributed by atoms with van der Waals surface area (Å²) in [6.07, 6.45) is 1.81. The van der Waals surface area contributed by atoms with E-state index in [-0.39, 0.29) is 5.91 Å². The number of hydrogen-bond donors (Lipinski definition) is 1. The third-order valence-electron chi connectivity index (χ3n) is 3.58. The highest BCUT2D eigenvalue weighted by atomic mass is 79.9. The first-order valence-electron chi connectivity index (χ1n) is 6.90. The van der Waals surface area contributed by atoms with E-state index in [4.69, 9.17) is 0 Å². The van der Waals surface area contributed by atoms with Gasteiger partial charge in [0.25, 0.3) is 0 Å². The van der Waals surface area contributed by atoms with E-state index in [1.807, 2.05) is 11.8 Å². The summed E-state index contributed by atoms with van der Waals surface area (Å²) in [5.74, 6) is 1.12. The van der Waals surface area contributed by atoms with Crippen LogP contribution in [0.15, 0.2) is 16.7 Å². The minimum absolute atomic E-state index is 0.178. The van der Waals surface area contributed by atoms with Gasteiger partial charge in [0.1, 0.15) is 5.82 Å². The molecule has 0 bridgehead atoms. The minimum Gasteiger partial charge on any atom is -0.369 e. The minimum atomic E-state index is 0.178. The van der Waals surface area contributed by atoms with Gasteiger partial charge in [0, 0.05) is 56.9 Å². The van der Waals surface area contributed by atoms with Crippen molar-refractivity contribution < 1.29 is 4.79 Å². The third-order valence-corrected chi connectivity index (χ3v) is 4.02. The third kappa shape index (κ3) is 4.18. The van der Waals surface area contributed by atoms with E-state index in [0.29, 0.717) is 0 Å². The van der Waals surface area contributed by atoms with Crippen LogP contribution in [-0.2, 0) is 4.79 Å². The second-order valence-electron chi connectivity index (χ2n) is 5.09. The number of nitrogens with one attached hydrogen (secondary N) is 1. The lowest BCUT2D eigenvalue weighted by molar-refractivity contribution is -0.130. The standard InChI is InChI=1S/C14H21BrN4O/c1-11-9-13(15)10-17-14(11)16-3-4-18-5-7-19(8-6-18)12(2)20/h9-10H,3-8H2,1-2H3,(H,16,17). The zero-order valence-electron chi connectivity index (χ0n) is 12.0. The number of piperazine rings is 1. The molecule has 1 aliphatic heterocycles. The first-order valence-corrected chi connectivity index (χ1v) is 7.69. The van der Waals surface area contributed by atoms with Crippen LogP contribution < -0.4 is 5.32 Å². The maximum absolute atomic E-state index is 11.3. The summed E-state index contributed by atoms with van der Waals surface area (Å²) in [4.78, 5) is 19.9. The number of rotatable bonds is 4. The highest BCUT2D eigenvalue weighted by molar-refractivity contribution is 9.10. The smallest absolute Gasteiger partial charge is 0.219 e. The van der Waals surface area contributed by atoms with E-state index in [1.54, 1.807) is 13.1 Å². The summed E-state index contributed by atoms with van der Waals surface area (Å²) in [6, 6.07) is 2.06. The summed E-state index contributed by atoms with van der Waals surface area (Å²) < 4.78 is 1.00. The van der Waals surface area contributed by atoms with E-state index in [9.17, 15) is 4.79 Å². The van der Waals surface area contributed by atoms with Crippen LogP contribution >= 0.6 is 15.9 Å². The Kier molecular flexibility index (Phi) is 5.37. The number of halogens is 1. The molecule has 1 fully saturated rings. The van der Waals surface area contributed by atoms with Gasteiger partial charge < -0.3 is 10.2 Å². The number of aromatic nitrogens is 1. The Balaban J connectivity index is 1.73. The molecule has 1 aromatic rings. The van der Waals surface area contributed by atoms with Crippen LogP contribution in [-0.4, -0.2) is 60.0 Å². The maximum atomic E-state index is 11.3. The Morgan fingerprint density at radius 2 is 2.10 bits per heavy atom. The Morgan fingerprint density at radius 3 is 2.70 bits per heavy atom. The fourth-order valence-corrected chi connectivity index (χ4v) is 2.79. The summed E-state index contributed by atoms with van der Waals surface area (Å²) in [5.41, 5.74) is 1.14. The van der Waals surface area contributed by atoms with Crippen molar-refractivity contribution in [3.63, 3.8) is 0 Å². The summed E-state index contributed by atoms with van der Waals surface area (Å²) >= 11 is 3.41. The lowest BCUT2D eigenvalue weighted by atomic mass is 10.3. The van der Waals surface area contributed by atoms with Crippen LogP contribution in [0.1, 0.15) is 12.5 Å². The molecule has 1 saturated heterocycles. The van der Waals surface area contributed by atoms with E-state index < -0.39 is 0 Å². The van der Waals surface area contributed by atoms with E-state index in [2.05, 4.69) is 37.2 Å². The quantitative estimate of drug-likeness (QED) is 0.906. The number of anilines is 1. The molecule has 0 atom stereocenters. The first-order chi connectivity index (χ1) is 9.56. The normalized spacial score (nSPS) is 16.2. The van der Waals surface area contributed by atoms with Gasteiger partial charge in [0.15, 0.2) is 0 Å². The predicted molar refractivity (Wildman–Crippen MR) is 83.9 cm³/mol. The fourth-order valence-electron chi connectivity index (χ4n) is 2.34. The van der Waals surface area contributed by atoms with Gasteiger partial charge in [-0.25, -0.2) is 4.98 Å². The Morgan fingerprint density at radius 1 is 1.40 bits per heavy atom. The van der Waals surface area contributed by atoms with Gasteiger partial charge in [0.05, 0.1) is 0 Å². The molecule has 110 valence electrons. The Bertz CT molecular complexity index is 472. The topological polar surface area (TPSA) is 48.5 Å².